The molecular weight excluding hydrogens is 138 g/mol. The molecule has 0 aromatic carbocycles. The fourth-order valence-corrected chi connectivity index (χ4v) is 1.04. The van der Waals surface area contributed by atoms with Crippen molar-refractivity contribution in [3.05, 3.63) is 0 Å². The number of ether oxygens (including phenoxy) is 1. The Hall–Kier alpha value is -0.0800. The van der Waals surface area contributed by atoms with E-state index < -0.39 is 0 Å². The molecule has 0 bridgehead atoms. The highest BCUT2D eigenvalue weighted by Crippen LogP contribution is 2.07. The molecule has 0 radical (unpaired) electrons. The van der Waals surface area contributed by atoms with E-state index in [-0.39, 0.29) is 0 Å². The Bertz CT molecular complexity index is 68.0. The Kier molecular flexibility index (Phi) is 7.96. The van der Waals surface area contributed by atoms with Crippen LogP contribution >= 0.6 is 0 Å². The summed E-state index contributed by atoms with van der Waals surface area (Å²) in [4.78, 5) is 0. The summed E-state index contributed by atoms with van der Waals surface area (Å²) >= 11 is 0. The number of hydrogen-bond acceptors (Lipinski definition) is 2. The first-order valence-electron chi connectivity index (χ1n) is 4.61. The number of rotatable bonds is 7. The van der Waals surface area contributed by atoms with E-state index in [2.05, 4.69) is 19.2 Å². The molecule has 1 unspecified atom stereocenters. The predicted octanol–water partition coefficient (Wildman–Crippen LogP) is 2.15. The zero-order chi connectivity index (χ0) is 8.53. The van der Waals surface area contributed by atoms with Gasteiger partial charge in [-0.2, -0.15) is 0 Å². The summed E-state index contributed by atoms with van der Waals surface area (Å²) in [5.41, 5.74) is 0. The van der Waals surface area contributed by atoms with Crippen LogP contribution < -0.4 is 5.32 Å². The van der Waals surface area contributed by atoms with Gasteiger partial charge in [-0.25, -0.2) is 0 Å². The van der Waals surface area contributed by atoms with Crippen LogP contribution in [-0.4, -0.2) is 19.9 Å². The molecule has 0 saturated heterocycles. The first-order valence-corrected chi connectivity index (χ1v) is 4.61. The van der Waals surface area contributed by atoms with E-state index in [4.69, 9.17) is 4.74 Å². The maximum Gasteiger partial charge on any atom is 0.0966 e. The van der Waals surface area contributed by atoms with Crippen LogP contribution in [0.4, 0.5) is 0 Å². The highest BCUT2D eigenvalue weighted by atomic mass is 16.5. The van der Waals surface area contributed by atoms with Crippen LogP contribution in [0, 0.1) is 0 Å². The van der Waals surface area contributed by atoms with Crippen LogP contribution in [-0.2, 0) is 4.74 Å². The van der Waals surface area contributed by atoms with E-state index in [1.54, 1.807) is 0 Å². The molecule has 0 fully saturated rings. The summed E-state index contributed by atoms with van der Waals surface area (Å²) in [6.45, 7) is 5.07. The van der Waals surface area contributed by atoms with Crippen LogP contribution in [0.1, 0.15) is 39.5 Å². The van der Waals surface area contributed by atoms with E-state index in [1.807, 2.05) is 7.05 Å². The van der Waals surface area contributed by atoms with Gasteiger partial charge in [0.15, 0.2) is 0 Å². The van der Waals surface area contributed by atoms with Gasteiger partial charge in [-0.15, -0.1) is 0 Å². The lowest BCUT2D eigenvalue weighted by molar-refractivity contribution is 0.0348. The largest absolute Gasteiger partial charge is 0.363 e. The van der Waals surface area contributed by atoms with Crippen molar-refractivity contribution >= 4 is 0 Å². The van der Waals surface area contributed by atoms with Gasteiger partial charge in [0.25, 0.3) is 0 Å². The third-order valence-electron chi connectivity index (χ3n) is 1.80. The summed E-state index contributed by atoms with van der Waals surface area (Å²) < 4.78 is 5.53. The predicted molar refractivity (Wildman–Crippen MR) is 48.6 cm³/mol. The van der Waals surface area contributed by atoms with Crippen molar-refractivity contribution in [2.45, 2.75) is 45.6 Å². The van der Waals surface area contributed by atoms with Crippen LogP contribution in [0.3, 0.4) is 0 Å². The lowest BCUT2D eigenvalue weighted by Crippen LogP contribution is -2.19. The van der Waals surface area contributed by atoms with Crippen molar-refractivity contribution in [3.63, 3.8) is 0 Å². The van der Waals surface area contributed by atoms with Gasteiger partial charge in [0.05, 0.1) is 12.8 Å². The molecule has 0 amide bonds. The minimum absolute atomic E-state index is 0.461. The summed E-state index contributed by atoms with van der Waals surface area (Å²) in [5.74, 6) is 0. The molecule has 0 aromatic heterocycles. The van der Waals surface area contributed by atoms with Gasteiger partial charge >= 0.3 is 0 Å². The molecule has 1 N–H and O–H groups in total. The monoisotopic (exact) mass is 159 g/mol. The van der Waals surface area contributed by atoms with Crippen molar-refractivity contribution in [2.24, 2.45) is 0 Å². The second-order valence-corrected chi connectivity index (χ2v) is 2.84. The van der Waals surface area contributed by atoms with Crippen molar-refractivity contribution in [2.75, 3.05) is 13.8 Å². The van der Waals surface area contributed by atoms with Crippen LogP contribution in [0.25, 0.3) is 0 Å². The first kappa shape index (κ1) is 10.9. The minimum Gasteiger partial charge on any atom is -0.363 e. The van der Waals surface area contributed by atoms with Crippen molar-refractivity contribution in [1.82, 2.24) is 5.32 Å². The van der Waals surface area contributed by atoms with Crippen molar-refractivity contribution in [1.29, 1.82) is 0 Å². The molecule has 0 aliphatic heterocycles. The minimum atomic E-state index is 0.461. The lowest BCUT2D eigenvalue weighted by Gasteiger charge is -2.14. The maximum absolute atomic E-state index is 5.53. The summed E-state index contributed by atoms with van der Waals surface area (Å²) in [6.07, 6.45) is 5.33. The van der Waals surface area contributed by atoms with Gasteiger partial charge in [-0.05, 0) is 19.9 Å². The molecule has 0 aromatic rings. The van der Waals surface area contributed by atoms with Gasteiger partial charge in [-0.1, -0.05) is 26.7 Å². The molecule has 0 heterocycles. The average Bonchev–Trinajstić information content (AvgIpc) is 2.05. The lowest BCUT2D eigenvalue weighted by atomic mass is 10.1. The van der Waals surface area contributed by atoms with E-state index in [1.165, 1.54) is 19.3 Å². The van der Waals surface area contributed by atoms with Crippen molar-refractivity contribution < 1.29 is 4.74 Å². The molecule has 0 aliphatic rings. The Morgan fingerprint density at radius 2 is 2.09 bits per heavy atom. The number of unbranched alkanes of at least 4 members (excludes halogenated alkanes) is 1. The van der Waals surface area contributed by atoms with Gasteiger partial charge in [-0.3, -0.25) is 5.32 Å². The Balaban J connectivity index is 3.25. The summed E-state index contributed by atoms with van der Waals surface area (Å²) in [7, 11) is 1.91. The highest BCUT2D eigenvalue weighted by molar-refractivity contribution is 4.54. The Morgan fingerprint density at radius 3 is 2.55 bits per heavy atom. The Labute approximate surface area is 70.3 Å². The summed E-state index contributed by atoms with van der Waals surface area (Å²) in [6, 6.07) is 0. The molecule has 0 spiro atoms. The van der Waals surface area contributed by atoms with E-state index in [9.17, 15) is 0 Å². The Morgan fingerprint density at radius 1 is 1.36 bits per heavy atom. The molecule has 68 valence electrons. The van der Waals surface area contributed by atoms with Gasteiger partial charge in [0, 0.05) is 0 Å². The fraction of sp³-hybridized carbons (Fsp3) is 1.00. The zero-order valence-electron chi connectivity index (χ0n) is 8.02. The van der Waals surface area contributed by atoms with Gasteiger partial charge < -0.3 is 4.74 Å². The van der Waals surface area contributed by atoms with Crippen LogP contribution in [0.2, 0.25) is 0 Å². The van der Waals surface area contributed by atoms with Crippen molar-refractivity contribution in [3.8, 4) is 0 Å². The van der Waals surface area contributed by atoms with E-state index in [0.717, 1.165) is 6.42 Å². The molecule has 2 nitrogen and oxygen atoms in total. The highest BCUT2D eigenvalue weighted by Gasteiger charge is 2.03. The molecule has 2 heteroatoms. The molecule has 0 saturated carbocycles. The third kappa shape index (κ3) is 6.32. The average molecular weight is 159 g/mol. The third-order valence-corrected chi connectivity index (χ3v) is 1.80. The molecule has 1 atom stereocenters. The van der Waals surface area contributed by atoms with Gasteiger partial charge in [0.2, 0.25) is 0 Å². The van der Waals surface area contributed by atoms with E-state index >= 15 is 0 Å². The standard InChI is InChI=1S/C9H21NO/c1-4-6-7-9(5-2)11-8-10-3/h9-10H,4-8H2,1-3H3. The topological polar surface area (TPSA) is 21.3 Å². The first-order chi connectivity index (χ1) is 5.35. The SMILES string of the molecule is CCCCC(CC)OCNC. The fourth-order valence-electron chi connectivity index (χ4n) is 1.04. The quantitative estimate of drug-likeness (QED) is 0.575. The van der Waals surface area contributed by atoms with Crippen LogP contribution in [0.15, 0.2) is 0 Å². The maximum atomic E-state index is 5.53. The number of nitrogens with one attached hydrogen (secondary N) is 1. The van der Waals surface area contributed by atoms with Gasteiger partial charge in [0.1, 0.15) is 0 Å². The molecule has 0 aliphatic carbocycles. The molecule has 11 heavy (non-hydrogen) atoms. The smallest absolute Gasteiger partial charge is 0.0966 e. The second kappa shape index (κ2) is 8.02. The number of hydrogen-bond donors (Lipinski definition) is 1. The summed E-state index contributed by atoms with van der Waals surface area (Å²) in [5, 5.41) is 2.99. The van der Waals surface area contributed by atoms with E-state index in [0.29, 0.717) is 12.8 Å². The molecular formula is C9H21NO. The molecule has 0 rings (SSSR count). The zero-order valence-corrected chi connectivity index (χ0v) is 8.02. The van der Waals surface area contributed by atoms with Crippen LogP contribution in [0.5, 0.6) is 0 Å². The normalized spacial score (nSPS) is 13.4. The second-order valence-electron chi connectivity index (χ2n) is 2.84.